The van der Waals surface area contributed by atoms with Crippen LogP contribution in [-0.4, -0.2) is 39.6 Å². The largest absolute Gasteiger partial charge is 0.419 e. The van der Waals surface area contributed by atoms with E-state index in [1.54, 1.807) is 24.3 Å². The lowest BCUT2D eigenvalue weighted by molar-refractivity contribution is -0.124. The molecule has 0 bridgehead atoms. The number of benzene rings is 2. The van der Waals surface area contributed by atoms with Crippen LogP contribution in [0.3, 0.4) is 0 Å². The van der Waals surface area contributed by atoms with Crippen molar-refractivity contribution in [2.45, 2.75) is 19.4 Å². The van der Waals surface area contributed by atoms with Gasteiger partial charge in [0.1, 0.15) is 5.82 Å². The van der Waals surface area contributed by atoms with Crippen molar-refractivity contribution in [1.29, 1.82) is 0 Å². The number of aryl methyl sites for hydroxylation is 1. The van der Waals surface area contributed by atoms with Crippen molar-refractivity contribution in [3.63, 3.8) is 0 Å². The number of thioether (sulfide) groups is 1. The molecule has 1 fully saturated rings. The summed E-state index contributed by atoms with van der Waals surface area (Å²) < 4.78 is 19.7. The van der Waals surface area contributed by atoms with Crippen LogP contribution in [0, 0.1) is 5.82 Å². The van der Waals surface area contributed by atoms with Gasteiger partial charge in [-0.2, -0.15) is 0 Å². The molecule has 10 heteroatoms. The molecule has 1 saturated heterocycles. The molecule has 0 radical (unpaired) electrons. The average Bonchev–Trinajstić information content (AvgIpc) is 3.25. The third-order valence-electron chi connectivity index (χ3n) is 5.06. The Bertz CT molecular complexity index is 1300. The van der Waals surface area contributed by atoms with Crippen molar-refractivity contribution in [3.05, 3.63) is 75.4 Å². The Morgan fingerprint density at radius 2 is 1.82 bits per heavy atom. The number of nitrogens with zero attached hydrogens (tertiary/aromatic N) is 2. The summed E-state index contributed by atoms with van der Waals surface area (Å²) in [4.78, 5) is 50.1. The highest BCUT2D eigenvalue weighted by Crippen LogP contribution is 2.31. The van der Waals surface area contributed by atoms with Crippen molar-refractivity contribution in [2.24, 2.45) is 0 Å². The number of aromatic nitrogens is 1. The Hall–Kier alpha value is -3.66. The van der Waals surface area contributed by atoms with E-state index in [9.17, 15) is 23.6 Å². The number of hydrogen-bond acceptors (Lipinski definition) is 6. The van der Waals surface area contributed by atoms with Crippen molar-refractivity contribution in [2.75, 3.05) is 13.1 Å². The standard InChI is InChI=1S/C23H20FN3O5S/c24-16-9-7-15(8-10-16)14-19-21(29)27(23(31)33-19)13-11-25-20(28)6-3-12-26-17-4-1-2-5-18(17)32-22(26)30/h1-2,4-5,7-10,14H,3,6,11-13H2,(H,25,28)/b19-14+. The Morgan fingerprint density at radius 1 is 1.06 bits per heavy atom. The van der Waals surface area contributed by atoms with Gasteiger partial charge in [0, 0.05) is 26.1 Å². The van der Waals surface area contributed by atoms with Crippen molar-refractivity contribution in [3.8, 4) is 0 Å². The van der Waals surface area contributed by atoms with Crippen LogP contribution in [0.1, 0.15) is 18.4 Å². The summed E-state index contributed by atoms with van der Waals surface area (Å²) in [6.07, 6.45) is 2.14. The molecule has 33 heavy (non-hydrogen) atoms. The molecule has 1 aliphatic heterocycles. The Morgan fingerprint density at radius 3 is 2.61 bits per heavy atom. The maximum atomic E-state index is 13.0. The lowest BCUT2D eigenvalue weighted by atomic mass is 10.2. The number of fused-ring (bicyclic) bond motifs is 1. The predicted molar refractivity (Wildman–Crippen MR) is 122 cm³/mol. The van der Waals surface area contributed by atoms with Crippen molar-refractivity contribution < 1.29 is 23.2 Å². The summed E-state index contributed by atoms with van der Waals surface area (Å²) in [5.41, 5.74) is 1.79. The van der Waals surface area contributed by atoms with Crippen LogP contribution < -0.4 is 11.1 Å². The van der Waals surface area contributed by atoms with E-state index in [1.807, 2.05) is 0 Å². The monoisotopic (exact) mass is 469 g/mol. The predicted octanol–water partition coefficient (Wildman–Crippen LogP) is 3.37. The summed E-state index contributed by atoms with van der Waals surface area (Å²) >= 11 is 0.805. The molecule has 0 unspecified atom stereocenters. The highest BCUT2D eigenvalue weighted by molar-refractivity contribution is 8.18. The molecule has 0 saturated carbocycles. The van der Waals surface area contributed by atoms with E-state index in [2.05, 4.69) is 5.32 Å². The van der Waals surface area contributed by atoms with E-state index < -0.39 is 16.9 Å². The molecule has 0 atom stereocenters. The number of carbonyl (C=O) groups excluding carboxylic acids is 3. The number of hydrogen-bond donors (Lipinski definition) is 1. The van der Waals surface area contributed by atoms with Crippen molar-refractivity contribution >= 4 is 46.0 Å². The molecule has 170 valence electrons. The summed E-state index contributed by atoms with van der Waals surface area (Å²) in [6, 6.07) is 12.7. The first-order chi connectivity index (χ1) is 15.9. The first kappa shape index (κ1) is 22.5. The smallest absolute Gasteiger partial charge is 0.408 e. The van der Waals surface area contributed by atoms with E-state index in [4.69, 9.17) is 4.42 Å². The van der Waals surface area contributed by atoms with Crippen LogP contribution in [0.2, 0.25) is 0 Å². The van der Waals surface area contributed by atoms with Crippen LogP contribution in [0.25, 0.3) is 17.2 Å². The molecule has 1 aromatic heterocycles. The number of nitrogens with one attached hydrogen (secondary N) is 1. The zero-order valence-electron chi connectivity index (χ0n) is 17.5. The van der Waals surface area contributed by atoms with Crippen molar-refractivity contribution in [1.82, 2.24) is 14.8 Å². The molecular weight excluding hydrogens is 449 g/mol. The highest BCUT2D eigenvalue weighted by Gasteiger charge is 2.34. The topological polar surface area (TPSA) is 102 Å². The second-order valence-corrected chi connectivity index (χ2v) is 8.32. The molecule has 1 N–H and O–H groups in total. The molecule has 4 rings (SSSR count). The van der Waals surface area contributed by atoms with Gasteiger partial charge in [-0.15, -0.1) is 0 Å². The van der Waals surface area contributed by atoms with E-state index in [0.29, 0.717) is 29.6 Å². The third-order valence-corrected chi connectivity index (χ3v) is 5.97. The normalized spacial score (nSPS) is 15.1. The Kier molecular flexibility index (Phi) is 6.74. The van der Waals surface area contributed by atoms with Crippen LogP contribution in [0.15, 0.2) is 62.6 Å². The average molecular weight is 469 g/mol. The number of rotatable bonds is 8. The van der Waals surface area contributed by atoms with Gasteiger partial charge >= 0.3 is 5.76 Å². The number of amides is 3. The van der Waals surface area contributed by atoms with Crippen LogP contribution in [0.5, 0.6) is 0 Å². The molecule has 0 spiro atoms. The van der Waals surface area contributed by atoms with Gasteiger partial charge in [0.2, 0.25) is 5.91 Å². The van der Waals surface area contributed by atoms with Crippen LogP contribution in [0.4, 0.5) is 9.18 Å². The highest BCUT2D eigenvalue weighted by atomic mass is 32.2. The zero-order valence-corrected chi connectivity index (χ0v) is 18.3. The van der Waals surface area contributed by atoms with E-state index in [1.165, 1.54) is 34.9 Å². The van der Waals surface area contributed by atoms with Gasteiger partial charge in [-0.1, -0.05) is 24.3 Å². The van der Waals surface area contributed by atoms with Gasteiger partial charge in [-0.05, 0) is 54.1 Å². The number of imide groups is 1. The van der Waals surface area contributed by atoms with Gasteiger partial charge in [0.25, 0.3) is 11.1 Å². The number of carbonyl (C=O) groups is 3. The molecule has 8 nitrogen and oxygen atoms in total. The summed E-state index contributed by atoms with van der Waals surface area (Å²) in [6.45, 7) is 0.499. The molecule has 3 aromatic rings. The zero-order chi connectivity index (χ0) is 23.4. The second kappa shape index (κ2) is 9.86. The fourth-order valence-electron chi connectivity index (χ4n) is 3.42. The minimum absolute atomic E-state index is 0.0446. The van der Waals surface area contributed by atoms with Gasteiger partial charge in [-0.25, -0.2) is 9.18 Å². The third kappa shape index (κ3) is 5.23. The van der Waals surface area contributed by atoms with E-state index in [0.717, 1.165) is 16.7 Å². The first-order valence-electron chi connectivity index (χ1n) is 10.3. The molecule has 2 aromatic carbocycles. The number of halogens is 1. The molecule has 3 amide bonds. The summed E-state index contributed by atoms with van der Waals surface area (Å²) in [5, 5.41) is 2.26. The minimum Gasteiger partial charge on any atom is -0.408 e. The lowest BCUT2D eigenvalue weighted by Gasteiger charge is -2.13. The van der Waals surface area contributed by atoms with Gasteiger partial charge < -0.3 is 9.73 Å². The fourth-order valence-corrected chi connectivity index (χ4v) is 4.29. The lowest BCUT2D eigenvalue weighted by Crippen LogP contribution is -2.37. The maximum Gasteiger partial charge on any atom is 0.419 e. The number of oxazole rings is 1. The quantitative estimate of drug-likeness (QED) is 0.508. The SMILES string of the molecule is O=C(CCCn1c(=O)oc2ccccc21)NCCN1C(=O)S/C(=C/c2ccc(F)cc2)C1=O. The van der Waals surface area contributed by atoms with E-state index >= 15 is 0 Å². The Labute approximate surface area is 192 Å². The first-order valence-corrected chi connectivity index (χ1v) is 11.1. The molecular formula is C23H20FN3O5S. The second-order valence-electron chi connectivity index (χ2n) is 7.33. The summed E-state index contributed by atoms with van der Waals surface area (Å²) in [7, 11) is 0. The summed E-state index contributed by atoms with van der Waals surface area (Å²) in [5.74, 6) is -1.55. The van der Waals surface area contributed by atoms with Crippen LogP contribution >= 0.6 is 11.8 Å². The molecule has 0 aliphatic carbocycles. The van der Waals surface area contributed by atoms with Gasteiger partial charge in [0.05, 0.1) is 10.4 Å². The maximum absolute atomic E-state index is 13.0. The molecule has 1 aliphatic rings. The number of para-hydroxylation sites is 2. The van der Waals surface area contributed by atoms with Gasteiger partial charge in [0.15, 0.2) is 5.58 Å². The van der Waals surface area contributed by atoms with E-state index in [-0.39, 0.29) is 36.1 Å². The Balaban J connectivity index is 1.24. The molecule has 2 heterocycles. The van der Waals surface area contributed by atoms with Crippen LogP contribution in [-0.2, 0) is 16.1 Å². The van der Waals surface area contributed by atoms with Gasteiger partial charge in [-0.3, -0.25) is 23.9 Å². The minimum atomic E-state index is -0.468. The fraction of sp³-hybridized carbons (Fsp3) is 0.217.